The summed E-state index contributed by atoms with van der Waals surface area (Å²) in [5.41, 5.74) is 0. The van der Waals surface area contributed by atoms with Gasteiger partial charge >= 0.3 is 25.7 Å². The maximum absolute atomic E-state index is 5.97. The fourth-order valence-electron chi connectivity index (χ4n) is 4.34. The maximum Gasteiger partial charge on any atom is 0.334 e. The predicted octanol–water partition coefficient (Wildman–Crippen LogP) is 4.25. The first-order valence-corrected chi connectivity index (χ1v) is 23.5. The third kappa shape index (κ3) is 17.2. The van der Waals surface area contributed by atoms with E-state index >= 15 is 0 Å². The molecule has 0 aromatic carbocycles. The van der Waals surface area contributed by atoms with Crippen LogP contribution in [0.3, 0.4) is 0 Å². The van der Waals surface area contributed by atoms with Crippen LogP contribution < -0.4 is 10.6 Å². The zero-order valence-corrected chi connectivity index (χ0v) is 29.5. The normalized spacial score (nSPS) is 13.5. The second-order valence-electron chi connectivity index (χ2n) is 10.1. The quantitative estimate of drug-likeness (QED) is 0.0888. The monoisotopic (exact) mass is 584 g/mol. The molecule has 0 spiro atoms. The van der Waals surface area contributed by atoms with Gasteiger partial charge in [0.15, 0.2) is 0 Å². The molecule has 0 heterocycles. The first-order chi connectivity index (χ1) is 17.1. The van der Waals surface area contributed by atoms with E-state index in [1.54, 1.807) is 28.4 Å². The van der Waals surface area contributed by atoms with Gasteiger partial charge < -0.3 is 37.2 Å². The largest absolute Gasteiger partial charge is 0.398 e. The number of hydrogen-bond donors (Lipinski definition) is 2. The lowest BCUT2D eigenvalue weighted by molar-refractivity contribution is 0.188. The highest BCUT2D eigenvalue weighted by atomic mass is 28.4. The average Bonchev–Trinajstić information content (AvgIpc) is 2.87. The van der Waals surface area contributed by atoms with Crippen LogP contribution in [0.4, 0.5) is 0 Å². The van der Waals surface area contributed by atoms with E-state index in [1.165, 1.54) is 31.7 Å². The van der Waals surface area contributed by atoms with Crippen molar-refractivity contribution >= 4 is 35.2 Å². The Hall–Kier alpha value is 0.548. The van der Waals surface area contributed by atoms with Gasteiger partial charge in [-0.25, -0.2) is 0 Å². The minimum atomic E-state index is -1.99. The van der Waals surface area contributed by atoms with Crippen LogP contribution in [0.25, 0.3) is 0 Å². The van der Waals surface area contributed by atoms with Gasteiger partial charge in [0.2, 0.25) is 0 Å². The molecular formula is C24H60N2O6Si4. The topological polar surface area (TPSA) is 79.4 Å². The first kappa shape index (κ1) is 36.5. The van der Waals surface area contributed by atoms with Gasteiger partial charge in [0.25, 0.3) is 0 Å². The summed E-state index contributed by atoms with van der Waals surface area (Å²) < 4.78 is 34.5. The molecule has 0 aromatic heterocycles. The summed E-state index contributed by atoms with van der Waals surface area (Å²) in [6.45, 7) is 14.1. The van der Waals surface area contributed by atoms with Crippen LogP contribution in [0, 0.1) is 0 Å². The highest BCUT2D eigenvalue weighted by molar-refractivity contribution is 6.66. The number of hydrogen-bond acceptors (Lipinski definition) is 8. The van der Waals surface area contributed by atoms with Crippen molar-refractivity contribution in [3.63, 3.8) is 0 Å². The second-order valence-corrected chi connectivity index (χ2v) is 22.7. The van der Waals surface area contributed by atoms with E-state index in [1.807, 2.05) is 0 Å². The van der Waals surface area contributed by atoms with Crippen molar-refractivity contribution in [2.24, 2.45) is 0 Å². The molecule has 0 amide bonds. The number of rotatable bonds is 26. The van der Waals surface area contributed by atoms with Gasteiger partial charge in [0, 0.05) is 47.4 Å². The molecular weight excluding hydrogens is 525 g/mol. The summed E-state index contributed by atoms with van der Waals surface area (Å²) >= 11 is 0. The highest BCUT2D eigenvalue weighted by Crippen LogP contribution is 2.19. The van der Waals surface area contributed by atoms with Crippen LogP contribution in [0.5, 0.6) is 0 Å². The van der Waals surface area contributed by atoms with Crippen molar-refractivity contribution in [3.05, 3.63) is 0 Å². The summed E-state index contributed by atoms with van der Waals surface area (Å²) in [5.74, 6) is 0.465. The van der Waals surface area contributed by atoms with E-state index in [0.717, 1.165) is 57.3 Å². The Morgan fingerprint density at radius 3 is 1.42 bits per heavy atom. The molecule has 0 rings (SSSR count). The molecule has 0 aliphatic heterocycles. The summed E-state index contributed by atoms with van der Waals surface area (Å²) in [7, 11) is 0.899. The van der Waals surface area contributed by atoms with Crippen molar-refractivity contribution in [1.29, 1.82) is 0 Å². The van der Waals surface area contributed by atoms with E-state index in [2.05, 4.69) is 44.1 Å². The first-order valence-electron chi connectivity index (χ1n) is 14.1. The Bertz CT molecular complexity index is 485. The summed E-state index contributed by atoms with van der Waals surface area (Å²) in [6.07, 6.45) is 7.28. The van der Waals surface area contributed by atoms with Crippen molar-refractivity contribution in [2.45, 2.75) is 102 Å². The van der Waals surface area contributed by atoms with Crippen LogP contribution in [0.1, 0.15) is 52.4 Å². The molecule has 0 saturated carbocycles. The lowest BCUT2D eigenvalue weighted by Crippen LogP contribution is -2.48. The molecule has 0 fully saturated rings. The molecule has 0 aliphatic carbocycles. The lowest BCUT2D eigenvalue weighted by atomic mass is 10.2. The Morgan fingerprint density at radius 1 is 0.583 bits per heavy atom. The van der Waals surface area contributed by atoms with Gasteiger partial charge in [-0.1, -0.05) is 31.7 Å². The zero-order valence-electron chi connectivity index (χ0n) is 25.1. The van der Waals surface area contributed by atoms with E-state index in [-0.39, 0.29) is 9.52 Å². The minimum Gasteiger partial charge on any atom is -0.398 e. The smallest absolute Gasteiger partial charge is 0.334 e. The maximum atomic E-state index is 5.97. The van der Waals surface area contributed by atoms with Gasteiger partial charge in [0.05, 0.1) is 9.52 Å². The molecule has 0 aromatic rings. The van der Waals surface area contributed by atoms with Crippen LogP contribution in [-0.4, -0.2) is 95.7 Å². The fraction of sp³-hybridized carbons (Fsp3) is 1.00. The second kappa shape index (κ2) is 21.4. The van der Waals surface area contributed by atoms with E-state index < -0.39 is 25.7 Å². The standard InChI is InChI=1S/C24H60N2O6Si4/c1-10-31-36(9,32-11-2)21-15-13-12-14-20-33-24(25-18-16-22-34(7,27-3)28-4)26-19-17-23-35(8,29-5)30-6/h24-26H,10-23,33H2,1-9H3. The molecule has 12 heteroatoms. The van der Waals surface area contributed by atoms with Crippen LogP contribution in [-0.2, 0) is 26.6 Å². The Morgan fingerprint density at radius 2 is 1.00 bits per heavy atom. The SMILES string of the molecule is CCO[Si](C)(CCCCCC[SiH2]C(NCCC[Si](C)(OC)OC)NCCC[Si](C)(OC)OC)OCC. The van der Waals surface area contributed by atoms with Crippen molar-refractivity contribution < 1.29 is 26.6 Å². The Labute approximate surface area is 228 Å². The summed E-state index contributed by atoms with van der Waals surface area (Å²) in [5, 5.41) is 7.60. The van der Waals surface area contributed by atoms with E-state index in [4.69, 9.17) is 26.6 Å². The summed E-state index contributed by atoms with van der Waals surface area (Å²) in [4.78, 5) is 0. The fourth-order valence-corrected chi connectivity index (χ4v) is 11.5. The predicted molar refractivity (Wildman–Crippen MR) is 161 cm³/mol. The molecule has 0 atom stereocenters. The lowest BCUT2D eigenvalue weighted by Gasteiger charge is -2.26. The van der Waals surface area contributed by atoms with Gasteiger partial charge in [-0.05, 0) is 77.6 Å². The molecule has 0 bridgehead atoms. The molecule has 0 unspecified atom stereocenters. The van der Waals surface area contributed by atoms with Crippen molar-refractivity contribution in [3.8, 4) is 0 Å². The highest BCUT2D eigenvalue weighted by Gasteiger charge is 2.30. The zero-order chi connectivity index (χ0) is 27.3. The van der Waals surface area contributed by atoms with E-state index in [0.29, 0.717) is 5.79 Å². The molecule has 0 aliphatic rings. The number of unbranched alkanes of at least 4 members (excludes halogenated alkanes) is 3. The third-order valence-corrected chi connectivity index (χ3v) is 18.2. The minimum absolute atomic E-state index is 0.263. The van der Waals surface area contributed by atoms with Gasteiger partial charge in [0.1, 0.15) is 0 Å². The van der Waals surface area contributed by atoms with Gasteiger partial charge in [-0.2, -0.15) is 0 Å². The van der Waals surface area contributed by atoms with Crippen molar-refractivity contribution in [2.75, 3.05) is 54.7 Å². The molecule has 8 nitrogen and oxygen atoms in total. The Balaban J connectivity index is 4.42. The molecule has 218 valence electrons. The van der Waals surface area contributed by atoms with Gasteiger partial charge in [-0.15, -0.1) is 0 Å². The third-order valence-electron chi connectivity index (χ3n) is 7.15. The average molecular weight is 585 g/mol. The van der Waals surface area contributed by atoms with Gasteiger partial charge in [-0.3, -0.25) is 0 Å². The molecule has 0 radical (unpaired) electrons. The van der Waals surface area contributed by atoms with Crippen LogP contribution in [0.15, 0.2) is 0 Å². The Kier molecular flexibility index (Phi) is 21.7. The van der Waals surface area contributed by atoms with Crippen molar-refractivity contribution in [1.82, 2.24) is 10.6 Å². The number of nitrogens with one attached hydrogen (secondary N) is 2. The van der Waals surface area contributed by atoms with Crippen LogP contribution >= 0.6 is 0 Å². The molecule has 2 N–H and O–H groups in total. The summed E-state index contributed by atoms with van der Waals surface area (Å²) in [6, 6.07) is 4.49. The van der Waals surface area contributed by atoms with Crippen LogP contribution in [0.2, 0.25) is 43.8 Å². The molecule has 0 saturated heterocycles. The van der Waals surface area contributed by atoms with E-state index in [9.17, 15) is 0 Å². The molecule has 36 heavy (non-hydrogen) atoms.